The van der Waals surface area contributed by atoms with Crippen molar-refractivity contribution >= 4 is 12.2 Å². The second-order valence-electron chi connectivity index (χ2n) is 1.64. The summed E-state index contributed by atoms with van der Waals surface area (Å²) in [6, 6.07) is 0. The Morgan fingerprint density at radius 3 is 2.90 bits per heavy atom. The van der Waals surface area contributed by atoms with Gasteiger partial charge in [0.1, 0.15) is 19.5 Å². The Kier molecular flexibility index (Phi) is 5.66. The van der Waals surface area contributed by atoms with Gasteiger partial charge in [0.15, 0.2) is 0 Å². The predicted octanol–water partition coefficient (Wildman–Crippen LogP) is -0.662. The molecule has 0 saturated carbocycles. The van der Waals surface area contributed by atoms with Crippen molar-refractivity contribution < 1.29 is 14.3 Å². The normalized spacial score (nSPS) is 8.90. The first-order valence-corrected chi connectivity index (χ1v) is 3.09. The third-order valence-electron chi connectivity index (χ3n) is 0.793. The SMILES string of the molecule is CCNC(=O)COCC=O. The number of amides is 1. The molecule has 0 spiro atoms. The van der Waals surface area contributed by atoms with Crippen LogP contribution in [-0.4, -0.2) is 32.0 Å². The van der Waals surface area contributed by atoms with Gasteiger partial charge in [0.2, 0.25) is 5.91 Å². The molecule has 1 amide bonds. The van der Waals surface area contributed by atoms with E-state index in [2.05, 4.69) is 10.1 Å². The zero-order valence-corrected chi connectivity index (χ0v) is 5.92. The molecule has 10 heavy (non-hydrogen) atoms. The maximum absolute atomic E-state index is 10.6. The Morgan fingerprint density at radius 1 is 1.70 bits per heavy atom. The summed E-state index contributed by atoms with van der Waals surface area (Å²) >= 11 is 0. The van der Waals surface area contributed by atoms with Crippen molar-refractivity contribution in [2.75, 3.05) is 19.8 Å². The number of rotatable bonds is 5. The van der Waals surface area contributed by atoms with Crippen LogP contribution in [0.15, 0.2) is 0 Å². The van der Waals surface area contributed by atoms with Crippen molar-refractivity contribution in [2.24, 2.45) is 0 Å². The topological polar surface area (TPSA) is 55.4 Å². The highest BCUT2D eigenvalue weighted by atomic mass is 16.5. The third kappa shape index (κ3) is 5.24. The fourth-order valence-electron chi connectivity index (χ4n) is 0.448. The second-order valence-corrected chi connectivity index (χ2v) is 1.64. The molecule has 4 nitrogen and oxygen atoms in total. The average Bonchev–Trinajstić information content (AvgIpc) is 1.89. The number of aldehydes is 1. The zero-order chi connectivity index (χ0) is 7.82. The van der Waals surface area contributed by atoms with Crippen molar-refractivity contribution in [3.63, 3.8) is 0 Å². The molecule has 0 rings (SSSR count). The van der Waals surface area contributed by atoms with Gasteiger partial charge in [0.25, 0.3) is 0 Å². The lowest BCUT2D eigenvalue weighted by atomic mass is 10.6. The van der Waals surface area contributed by atoms with Gasteiger partial charge in [-0.25, -0.2) is 0 Å². The molecule has 0 radical (unpaired) electrons. The highest BCUT2D eigenvalue weighted by Gasteiger charge is 1.96. The van der Waals surface area contributed by atoms with Crippen molar-refractivity contribution in [1.82, 2.24) is 5.32 Å². The molecule has 0 fully saturated rings. The van der Waals surface area contributed by atoms with Crippen LogP contribution in [0, 0.1) is 0 Å². The first-order chi connectivity index (χ1) is 4.81. The minimum absolute atomic E-state index is 0.0167. The van der Waals surface area contributed by atoms with Gasteiger partial charge in [-0.1, -0.05) is 0 Å². The van der Waals surface area contributed by atoms with E-state index in [-0.39, 0.29) is 19.1 Å². The van der Waals surface area contributed by atoms with E-state index in [0.29, 0.717) is 12.8 Å². The highest BCUT2D eigenvalue weighted by Crippen LogP contribution is 1.71. The summed E-state index contributed by atoms with van der Waals surface area (Å²) in [5.74, 6) is -0.190. The first-order valence-electron chi connectivity index (χ1n) is 3.09. The zero-order valence-electron chi connectivity index (χ0n) is 5.92. The van der Waals surface area contributed by atoms with Crippen LogP contribution >= 0.6 is 0 Å². The summed E-state index contributed by atoms with van der Waals surface area (Å²) in [4.78, 5) is 20.3. The molecule has 0 unspecified atom stereocenters. The van der Waals surface area contributed by atoms with Gasteiger partial charge in [0, 0.05) is 6.54 Å². The molecule has 0 aromatic rings. The van der Waals surface area contributed by atoms with Gasteiger partial charge in [0.05, 0.1) is 0 Å². The molecule has 0 aromatic carbocycles. The van der Waals surface area contributed by atoms with E-state index < -0.39 is 0 Å². The quantitative estimate of drug-likeness (QED) is 0.412. The standard InChI is InChI=1S/C6H11NO3/c1-2-7-6(9)5-10-4-3-8/h3H,2,4-5H2,1H3,(H,7,9). The van der Waals surface area contributed by atoms with E-state index >= 15 is 0 Å². The van der Waals surface area contributed by atoms with Crippen LogP contribution in [0.3, 0.4) is 0 Å². The molecule has 4 heteroatoms. The molecule has 0 aromatic heterocycles. The minimum atomic E-state index is -0.190. The lowest BCUT2D eigenvalue weighted by molar-refractivity contribution is -0.126. The number of ether oxygens (including phenoxy) is 1. The van der Waals surface area contributed by atoms with E-state index in [1.54, 1.807) is 0 Å². The Morgan fingerprint density at radius 2 is 2.40 bits per heavy atom. The molecular formula is C6H11NO3. The number of carbonyl (C=O) groups is 2. The summed E-state index contributed by atoms with van der Waals surface area (Å²) in [6.45, 7) is 2.35. The lowest BCUT2D eigenvalue weighted by Gasteiger charge is -1.99. The number of nitrogens with one attached hydrogen (secondary N) is 1. The van der Waals surface area contributed by atoms with Crippen LogP contribution in [0.25, 0.3) is 0 Å². The molecule has 0 aliphatic heterocycles. The molecule has 1 N–H and O–H groups in total. The number of hydrogen-bond acceptors (Lipinski definition) is 3. The third-order valence-corrected chi connectivity index (χ3v) is 0.793. The lowest BCUT2D eigenvalue weighted by Crippen LogP contribution is -2.27. The van der Waals surface area contributed by atoms with Crippen molar-refractivity contribution in [2.45, 2.75) is 6.92 Å². The van der Waals surface area contributed by atoms with Gasteiger partial charge in [-0.2, -0.15) is 0 Å². The second kappa shape index (κ2) is 6.22. The van der Waals surface area contributed by atoms with Gasteiger partial charge in [-0.15, -0.1) is 0 Å². The molecule has 0 bridgehead atoms. The molecule has 0 saturated heterocycles. The maximum atomic E-state index is 10.6. The van der Waals surface area contributed by atoms with E-state index in [9.17, 15) is 9.59 Å². The maximum Gasteiger partial charge on any atom is 0.246 e. The minimum Gasteiger partial charge on any atom is -0.364 e. The fraction of sp³-hybridized carbons (Fsp3) is 0.667. The summed E-state index contributed by atoms with van der Waals surface area (Å²) < 4.78 is 4.62. The number of carbonyl (C=O) groups excluding carboxylic acids is 2. The molecule has 58 valence electrons. The molecule has 0 aliphatic carbocycles. The van der Waals surface area contributed by atoms with Crippen LogP contribution in [-0.2, 0) is 14.3 Å². The van der Waals surface area contributed by atoms with Gasteiger partial charge < -0.3 is 14.8 Å². The summed E-state index contributed by atoms with van der Waals surface area (Å²) in [5, 5.41) is 2.52. The molecule has 0 heterocycles. The number of hydrogen-bond donors (Lipinski definition) is 1. The smallest absolute Gasteiger partial charge is 0.246 e. The van der Waals surface area contributed by atoms with Crippen molar-refractivity contribution in [3.05, 3.63) is 0 Å². The number of likely N-dealkylation sites (N-methyl/N-ethyl adjacent to an activating group) is 1. The van der Waals surface area contributed by atoms with Crippen molar-refractivity contribution in [3.8, 4) is 0 Å². The first kappa shape index (κ1) is 9.10. The van der Waals surface area contributed by atoms with E-state index in [1.165, 1.54) is 0 Å². The van der Waals surface area contributed by atoms with Crippen LogP contribution in [0.4, 0.5) is 0 Å². The largest absolute Gasteiger partial charge is 0.364 e. The van der Waals surface area contributed by atoms with E-state index in [0.717, 1.165) is 0 Å². The Balaban J connectivity index is 3.13. The fourth-order valence-corrected chi connectivity index (χ4v) is 0.448. The van der Waals surface area contributed by atoms with Gasteiger partial charge in [-0.05, 0) is 6.92 Å². The average molecular weight is 145 g/mol. The van der Waals surface area contributed by atoms with E-state index in [1.807, 2.05) is 6.92 Å². The van der Waals surface area contributed by atoms with Crippen LogP contribution in [0.5, 0.6) is 0 Å². The molecule has 0 atom stereocenters. The molecule has 0 aliphatic rings. The van der Waals surface area contributed by atoms with Gasteiger partial charge in [-0.3, -0.25) is 4.79 Å². The highest BCUT2D eigenvalue weighted by molar-refractivity contribution is 5.77. The van der Waals surface area contributed by atoms with Crippen LogP contribution < -0.4 is 5.32 Å². The Labute approximate surface area is 59.6 Å². The van der Waals surface area contributed by atoms with Crippen LogP contribution in [0.2, 0.25) is 0 Å². The predicted molar refractivity (Wildman–Crippen MR) is 35.6 cm³/mol. The van der Waals surface area contributed by atoms with E-state index in [4.69, 9.17) is 0 Å². The Hall–Kier alpha value is -0.900. The van der Waals surface area contributed by atoms with Crippen LogP contribution in [0.1, 0.15) is 6.92 Å². The summed E-state index contributed by atoms with van der Waals surface area (Å²) in [7, 11) is 0. The Bertz CT molecular complexity index is 114. The van der Waals surface area contributed by atoms with Gasteiger partial charge >= 0.3 is 0 Å². The summed E-state index contributed by atoms with van der Waals surface area (Å²) in [5.41, 5.74) is 0. The molecular weight excluding hydrogens is 134 g/mol. The summed E-state index contributed by atoms with van der Waals surface area (Å²) in [6.07, 6.45) is 0.610. The monoisotopic (exact) mass is 145 g/mol. The van der Waals surface area contributed by atoms with Crippen molar-refractivity contribution in [1.29, 1.82) is 0 Å².